The Morgan fingerprint density at radius 3 is 2.94 bits per heavy atom. The Morgan fingerprint density at radius 1 is 1.28 bits per heavy atom. The lowest BCUT2D eigenvalue weighted by molar-refractivity contribution is 0.474. The van der Waals surface area contributed by atoms with Crippen LogP contribution in [-0.4, -0.2) is 10.1 Å². The highest BCUT2D eigenvalue weighted by Crippen LogP contribution is 2.35. The van der Waals surface area contributed by atoms with E-state index >= 15 is 0 Å². The highest BCUT2D eigenvalue weighted by Gasteiger charge is 2.22. The molecule has 0 radical (unpaired) electrons. The molecule has 1 aromatic carbocycles. The zero-order chi connectivity index (χ0) is 12.5. The smallest absolute Gasteiger partial charge is 0.115 e. The number of aromatic nitrogens is 1. The molecule has 0 bridgehead atoms. The summed E-state index contributed by atoms with van der Waals surface area (Å²) in [6.07, 6.45) is 3.95. The Morgan fingerprint density at radius 2 is 2.17 bits per heavy atom. The number of aryl methyl sites for hydroxylation is 2. The molecule has 3 rings (SSSR count). The van der Waals surface area contributed by atoms with Gasteiger partial charge in [-0.15, -0.1) is 0 Å². The molecule has 2 aromatic rings. The van der Waals surface area contributed by atoms with Gasteiger partial charge >= 0.3 is 0 Å². The molecular formula is C15H16N2O. The lowest BCUT2D eigenvalue weighted by atomic mass is 10.1. The van der Waals surface area contributed by atoms with Gasteiger partial charge in [-0.05, 0) is 55.2 Å². The van der Waals surface area contributed by atoms with Crippen LogP contribution in [0, 0.1) is 6.92 Å². The molecule has 0 saturated heterocycles. The largest absolute Gasteiger partial charge is 0.508 e. The summed E-state index contributed by atoms with van der Waals surface area (Å²) in [5, 5.41) is 13.0. The van der Waals surface area contributed by atoms with Crippen molar-refractivity contribution in [2.75, 3.05) is 5.32 Å². The van der Waals surface area contributed by atoms with Crippen molar-refractivity contribution in [2.45, 2.75) is 25.8 Å². The maximum Gasteiger partial charge on any atom is 0.115 e. The van der Waals surface area contributed by atoms with Crippen LogP contribution >= 0.6 is 0 Å². The fourth-order valence-corrected chi connectivity index (χ4v) is 2.51. The summed E-state index contributed by atoms with van der Waals surface area (Å²) in [5.41, 5.74) is 4.60. The number of pyridine rings is 1. The van der Waals surface area contributed by atoms with E-state index in [1.54, 1.807) is 6.07 Å². The number of rotatable bonds is 2. The predicted octanol–water partition coefficient (Wildman–Crippen LogP) is 3.20. The summed E-state index contributed by atoms with van der Waals surface area (Å²) in [6, 6.07) is 10.0. The standard InChI is InChI=1S/C15H16N2O/c1-10-2-4-12(9-16-10)17-15-7-3-11-8-13(18)5-6-14(11)15/h2,4-6,8-9,15,17-18H,3,7H2,1H3. The second-order valence-corrected chi connectivity index (χ2v) is 4.81. The van der Waals surface area contributed by atoms with Crippen molar-refractivity contribution in [1.82, 2.24) is 4.98 Å². The number of nitrogens with zero attached hydrogens (tertiary/aromatic N) is 1. The van der Waals surface area contributed by atoms with Gasteiger partial charge in [-0.25, -0.2) is 0 Å². The minimum absolute atomic E-state index is 0.324. The topological polar surface area (TPSA) is 45.1 Å². The molecule has 0 saturated carbocycles. The minimum Gasteiger partial charge on any atom is -0.508 e. The Hall–Kier alpha value is -2.03. The number of hydrogen-bond donors (Lipinski definition) is 2. The molecule has 0 aliphatic heterocycles. The van der Waals surface area contributed by atoms with E-state index in [9.17, 15) is 5.11 Å². The summed E-state index contributed by atoms with van der Waals surface area (Å²) < 4.78 is 0. The summed E-state index contributed by atoms with van der Waals surface area (Å²) in [4.78, 5) is 4.29. The van der Waals surface area contributed by atoms with Gasteiger partial charge in [0, 0.05) is 5.69 Å². The maximum absolute atomic E-state index is 9.47. The third kappa shape index (κ3) is 2.04. The first kappa shape index (κ1) is 11.1. The van der Waals surface area contributed by atoms with Crippen molar-refractivity contribution >= 4 is 5.69 Å². The lowest BCUT2D eigenvalue weighted by Gasteiger charge is -2.15. The van der Waals surface area contributed by atoms with Crippen LogP contribution in [0.5, 0.6) is 5.75 Å². The summed E-state index contributed by atoms with van der Waals surface area (Å²) in [6.45, 7) is 1.98. The molecule has 1 aliphatic rings. The van der Waals surface area contributed by atoms with E-state index in [1.165, 1.54) is 11.1 Å². The number of aromatic hydroxyl groups is 1. The first-order valence-corrected chi connectivity index (χ1v) is 6.23. The van der Waals surface area contributed by atoms with Gasteiger partial charge < -0.3 is 10.4 Å². The van der Waals surface area contributed by atoms with Gasteiger partial charge in [-0.2, -0.15) is 0 Å². The third-order valence-corrected chi connectivity index (χ3v) is 3.46. The number of fused-ring (bicyclic) bond motifs is 1. The molecule has 0 fully saturated rings. The van der Waals surface area contributed by atoms with Gasteiger partial charge in [0.1, 0.15) is 5.75 Å². The monoisotopic (exact) mass is 240 g/mol. The number of phenolic OH excluding ortho intramolecular Hbond substituents is 1. The van der Waals surface area contributed by atoms with E-state index < -0.39 is 0 Å². The summed E-state index contributed by atoms with van der Waals surface area (Å²) in [5.74, 6) is 0.353. The van der Waals surface area contributed by atoms with Gasteiger partial charge in [0.05, 0.1) is 17.9 Å². The molecule has 92 valence electrons. The van der Waals surface area contributed by atoms with Crippen molar-refractivity contribution in [3.8, 4) is 5.75 Å². The van der Waals surface area contributed by atoms with Crippen LogP contribution in [-0.2, 0) is 6.42 Å². The van der Waals surface area contributed by atoms with Gasteiger partial charge in [-0.1, -0.05) is 6.07 Å². The van der Waals surface area contributed by atoms with Gasteiger partial charge in [0.25, 0.3) is 0 Å². The van der Waals surface area contributed by atoms with Crippen LogP contribution in [0.4, 0.5) is 5.69 Å². The first-order valence-electron chi connectivity index (χ1n) is 6.23. The summed E-state index contributed by atoms with van der Waals surface area (Å²) in [7, 11) is 0. The highest BCUT2D eigenvalue weighted by atomic mass is 16.3. The Labute approximate surface area is 107 Å². The van der Waals surface area contributed by atoms with E-state index in [0.717, 1.165) is 24.2 Å². The van der Waals surface area contributed by atoms with Crippen molar-refractivity contribution in [3.63, 3.8) is 0 Å². The second-order valence-electron chi connectivity index (χ2n) is 4.81. The fourth-order valence-electron chi connectivity index (χ4n) is 2.51. The molecular weight excluding hydrogens is 224 g/mol. The van der Waals surface area contributed by atoms with Crippen LogP contribution in [0.2, 0.25) is 0 Å². The van der Waals surface area contributed by atoms with E-state index in [0.29, 0.717) is 11.8 Å². The van der Waals surface area contributed by atoms with Crippen LogP contribution in [0.3, 0.4) is 0 Å². The van der Waals surface area contributed by atoms with Gasteiger partial charge in [-0.3, -0.25) is 4.98 Å². The van der Waals surface area contributed by atoms with Gasteiger partial charge in [0.15, 0.2) is 0 Å². The molecule has 1 aliphatic carbocycles. The number of benzene rings is 1. The summed E-state index contributed by atoms with van der Waals surface area (Å²) >= 11 is 0. The molecule has 1 atom stereocenters. The quantitative estimate of drug-likeness (QED) is 0.847. The van der Waals surface area contributed by atoms with Crippen LogP contribution in [0.25, 0.3) is 0 Å². The fraction of sp³-hybridized carbons (Fsp3) is 0.267. The molecule has 0 amide bonds. The molecule has 18 heavy (non-hydrogen) atoms. The number of anilines is 1. The van der Waals surface area contributed by atoms with Crippen molar-refractivity contribution < 1.29 is 5.11 Å². The number of hydrogen-bond acceptors (Lipinski definition) is 3. The third-order valence-electron chi connectivity index (χ3n) is 3.46. The predicted molar refractivity (Wildman–Crippen MR) is 71.8 cm³/mol. The Bertz CT molecular complexity index is 563. The molecule has 1 aromatic heterocycles. The normalized spacial score (nSPS) is 17.5. The zero-order valence-electron chi connectivity index (χ0n) is 10.4. The van der Waals surface area contributed by atoms with Crippen molar-refractivity contribution in [2.24, 2.45) is 0 Å². The number of nitrogens with one attached hydrogen (secondary N) is 1. The number of phenols is 1. The van der Waals surface area contributed by atoms with E-state index in [1.807, 2.05) is 31.3 Å². The Kier molecular flexibility index (Phi) is 2.67. The first-order chi connectivity index (χ1) is 8.72. The lowest BCUT2D eigenvalue weighted by Crippen LogP contribution is -2.07. The van der Waals surface area contributed by atoms with Crippen LogP contribution in [0.1, 0.15) is 29.3 Å². The maximum atomic E-state index is 9.47. The van der Waals surface area contributed by atoms with Crippen LogP contribution < -0.4 is 5.32 Å². The SMILES string of the molecule is Cc1ccc(NC2CCc3cc(O)ccc32)cn1. The van der Waals surface area contributed by atoms with Crippen LogP contribution in [0.15, 0.2) is 36.5 Å². The molecule has 1 unspecified atom stereocenters. The average Bonchev–Trinajstić information content (AvgIpc) is 2.74. The molecule has 3 heteroatoms. The molecule has 0 spiro atoms. The van der Waals surface area contributed by atoms with Crippen molar-refractivity contribution in [1.29, 1.82) is 0 Å². The second kappa shape index (κ2) is 4.33. The van der Waals surface area contributed by atoms with Gasteiger partial charge in [0.2, 0.25) is 0 Å². The molecule has 2 N–H and O–H groups in total. The van der Waals surface area contributed by atoms with Crippen molar-refractivity contribution in [3.05, 3.63) is 53.3 Å². The van der Waals surface area contributed by atoms with E-state index in [-0.39, 0.29) is 0 Å². The average molecular weight is 240 g/mol. The molecule has 3 nitrogen and oxygen atoms in total. The zero-order valence-corrected chi connectivity index (χ0v) is 10.4. The minimum atomic E-state index is 0.324. The molecule has 1 heterocycles. The Balaban J connectivity index is 1.82. The van der Waals surface area contributed by atoms with E-state index in [2.05, 4.69) is 16.4 Å². The highest BCUT2D eigenvalue weighted by molar-refractivity contribution is 5.48. The van der Waals surface area contributed by atoms with E-state index in [4.69, 9.17) is 0 Å².